The number of carbonyl (C=O) groups excluding carboxylic acids is 3. The SMILES string of the molecule is [C-]#[N+]c1ccc2c(c1)CN(Cc1ccc(COc3cccc4c3CN(C3CCC(=O)CC3=O)C4=O)cc1)CC2. The number of benzene rings is 3. The van der Waals surface area contributed by atoms with Gasteiger partial charge in [-0.15, -0.1) is 0 Å². The molecule has 39 heavy (non-hydrogen) atoms. The second-order valence-electron chi connectivity index (χ2n) is 10.6. The number of Topliss-reactive ketones (excluding diaryl/α,β-unsaturated/α-hetero) is 2. The maximum absolute atomic E-state index is 13.1. The van der Waals surface area contributed by atoms with E-state index in [0.717, 1.165) is 37.2 Å². The van der Waals surface area contributed by atoms with Gasteiger partial charge in [-0.3, -0.25) is 19.3 Å². The van der Waals surface area contributed by atoms with Gasteiger partial charge in [0.15, 0.2) is 11.5 Å². The van der Waals surface area contributed by atoms with Crippen LogP contribution in [-0.2, 0) is 42.3 Å². The fourth-order valence-corrected chi connectivity index (χ4v) is 5.87. The van der Waals surface area contributed by atoms with Gasteiger partial charge in [0.1, 0.15) is 18.1 Å². The third-order valence-corrected chi connectivity index (χ3v) is 8.00. The number of hydrogen-bond acceptors (Lipinski definition) is 5. The van der Waals surface area contributed by atoms with E-state index in [0.29, 0.717) is 43.0 Å². The first kappa shape index (κ1) is 25.0. The molecular weight excluding hydrogens is 490 g/mol. The summed E-state index contributed by atoms with van der Waals surface area (Å²) in [5.74, 6) is 0.263. The number of carbonyl (C=O) groups is 3. The number of rotatable bonds is 6. The molecule has 1 fully saturated rings. The Bertz CT molecular complexity index is 1500. The largest absolute Gasteiger partial charge is 0.489 e. The second-order valence-corrected chi connectivity index (χ2v) is 10.6. The van der Waals surface area contributed by atoms with Crippen LogP contribution in [0.3, 0.4) is 0 Å². The van der Waals surface area contributed by atoms with Gasteiger partial charge in [0.25, 0.3) is 5.91 Å². The van der Waals surface area contributed by atoms with Crippen molar-refractivity contribution in [3.05, 3.63) is 105 Å². The quantitative estimate of drug-likeness (QED) is 0.338. The molecule has 1 amide bonds. The number of amides is 1. The van der Waals surface area contributed by atoms with Crippen molar-refractivity contribution in [3.8, 4) is 5.75 Å². The van der Waals surface area contributed by atoms with E-state index in [1.54, 1.807) is 11.0 Å². The Hall–Kier alpha value is -4.28. The van der Waals surface area contributed by atoms with Crippen LogP contribution in [0.5, 0.6) is 5.75 Å². The molecule has 0 aromatic heterocycles. The Morgan fingerprint density at radius 2 is 1.74 bits per heavy atom. The summed E-state index contributed by atoms with van der Waals surface area (Å²) in [7, 11) is 0. The van der Waals surface area contributed by atoms with Gasteiger partial charge in [-0.2, -0.15) is 0 Å². The lowest BCUT2D eigenvalue weighted by Crippen LogP contribution is -2.44. The van der Waals surface area contributed by atoms with Crippen molar-refractivity contribution in [3.63, 3.8) is 0 Å². The zero-order valence-corrected chi connectivity index (χ0v) is 21.7. The molecule has 7 heteroatoms. The van der Waals surface area contributed by atoms with Crippen LogP contribution in [0.25, 0.3) is 4.85 Å². The third-order valence-electron chi connectivity index (χ3n) is 8.00. The van der Waals surface area contributed by atoms with Crippen LogP contribution in [0, 0.1) is 6.57 Å². The van der Waals surface area contributed by atoms with Crippen molar-refractivity contribution in [2.24, 2.45) is 0 Å². The molecule has 2 heterocycles. The molecule has 1 atom stereocenters. The fourth-order valence-electron chi connectivity index (χ4n) is 5.87. The van der Waals surface area contributed by atoms with E-state index in [-0.39, 0.29) is 23.9 Å². The van der Waals surface area contributed by atoms with Crippen LogP contribution in [0.2, 0.25) is 0 Å². The zero-order chi connectivity index (χ0) is 26.9. The minimum Gasteiger partial charge on any atom is -0.489 e. The molecule has 0 bridgehead atoms. The summed E-state index contributed by atoms with van der Waals surface area (Å²) in [5.41, 5.74) is 6.90. The highest BCUT2D eigenvalue weighted by Crippen LogP contribution is 2.34. The minimum atomic E-state index is -0.536. The summed E-state index contributed by atoms with van der Waals surface area (Å²) < 4.78 is 6.16. The van der Waals surface area contributed by atoms with Crippen LogP contribution in [0.15, 0.2) is 60.7 Å². The summed E-state index contributed by atoms with van der Waals surface area (Å²) in [5, 5.41) is 0. The molecule has 1 saturated carbocycles. The van der Waals surface area contributed by atoms with Gasteiger partial charge < -0.3 is 9.64 Å². The Balaban J connectivity index is 1.08. The topological polar surface area (TPSA) is 71.3 Å². The van der Waals surface area contributed by atoms with Crippen LogP contribution < -0.4 is 4.74 Å². The van der Waals surface area contributed by atoms with Crippen LogP contribution in [0.1, 0.15) is 57.4 Å². The Kier molecular flexibility index (Phi) is 6.72. The summed E-state index contributed by atoms with van der Waals surface area (Å²) in [6.07, 6.45) is 1.64. The molecule has 7 nitrogen and oxygen atoms in total. The highest BCUT2D eigenvalue weighted by molar-refractivity contribution is 6.07. The van der Waals surface area contributed by atoms with E-state index in [9.17, 15) is 14.4 Å². The van der Waals surface area contributed by atoms with E-state index in [2.05, 4.69) is 40.1 Å². The zero-order valence-electron chi connectivity index (χ0n) is 21.7. The van der Waals surface area contributed by atoms with E-state index in [1.165, 1.54) is 16.7 Å². The summed E-state index contributed by atoms with van der Waals surface area (Å²) in [6, 6.07) is 19.3. The Morgan fingerprint density at radius 1 is 0.923 bits per heavy atom. The average Bonchev–Trinajstić information content (AvgIpc) is 3.28. The van der Waals surface area contributed by atoms with Gasteiger partial charge >= 0.3 is 0 Å². The first-order chi connectivity index (χ1) is 19.0. The lowest BCUT2D eigenvalue weighted by molar-refractivity contribution is -0.133. The average molecular weight is 520 g/mol. The van der Waals surface area contributed by atoms with Gasteiger partial charge in [0, 0.05) is 37.2 Å². The molecule has 0 spiro atoms. The molecule has 0 saturated heterocycles. The molecule has 0 N–H and O–H groups in total. The van der Waals surface area contributed by atoms with Crippen LogP contribution >= 0.6 is 0 Å². The molecule has 3 aromatic rings. The highest BCUT2D eigenvalue weighted by Gasteiger charge is 2.40. The third kappa shape index (κ3) is 5.08. The lowest BCUT2D eigenvalue weighted by atomic mass is 9.92. The highest BCUT2D eigenvalue weighted by atomic mass is 16.5. The standard InChI is InChI=1S/C32H29N3O4/c1-33-25-10-9-23-13-14-34(18-24(23)15-25)17-21-5-7-22(8-6-21)20-39-31-4-2-3-27-28(31)19-35(32(27)38)29-12-11-26(36)16-30(29)37/h2-10,15,29H,11-14,16-20H2. The molecule has 3 aliphatic rings. The monoisotopic (exact) mass is 519 g/mol. The van der Waals surface area contributed by atoms with Gasteiger partial charge in [-0.05, 0) is 47.2 Å². The fraction of sp³-hybridized carbons (Fsp3) is 0.312. The van der Waals surface area contributed by atoms with Crippen molar-refractivity contribution in [2.45, 2.75) is 58.0 Å². The van der Waals surface area contributed by atoms with E-state index < -0.39 is 6.04 Å². The normalized spacial score (nSPS) is 19.0. The van der Waals surface area contributed by atoms with Gasteiger partial charge in [0.05, 0.1) is 25.6 Å². The minimum absolute atomic E-state index is 0.0492. The van der Waals surface area contributed by atoms with Crippen LogP contribution in [0.4, 0.5) is 5.69 Å². The van der Waals surface area contributed by atoms with Gasteiger partial charge in [0.2, 0.25) is 0 Å². The number of ether oxygens (including phenoxy) is 1. The molecule has 0 radical (unpaired) electrons. The molecule has 2 aliphatic heterocycles. The number of ketones is 2. The number of fused-ring (bicyclic) bond motifs is 2. The first-order valence-electron chi connectivity index (χ1n) is 13.4. The van der Waals surface area contributed by atoms with Crippen LogP contribution in [-0.4, -0.2) is 39.9 Å². The van der Waals surface area contributed by atoms with E-state index in [4.69, 9.17) is 11.3 Å². The molecule has 6 rings (SSSR count). The number of nitrogens with zero attached hydrogens (tertiary/aromatic N) is 3. The van der Waals surface area contributed by atoms with Crippen molar-refractivity contribution < 1.29 is 19.1 Å². The van der Waals surface area contributed by atoms with Gasteiger partial charge in [-0.25, -0.2) is 4.85 Å². The molecule has 1 aliphatic carbocycles. The van der Waals surface area contributed by atoms with E-state index >= 15 is 0 Å². The molecule has 1 unspecified atom stereocenters. The summed E-state index contributed by atoms with van der Waals surface area (Å²) in [4.78, 5) is 44.7. The van der Waals surface area contributed by atoms with E-state index in [1.807, 2.05) is 24.3 Å². The Labute approximate surface area is 227 Å². The molecule has 196 valence electrons. The molecule has 3 aromatic carbocycles. The van der Waals surface area contributed by atoms with Crippen molar-refractivity contribution in [1.29, 1.82) is 0 Å². The first-order valence-corrected chi connectivity index (χ1v) is 13.4. The summed E-state index contributed by atoms with van der Waals surface area (Å²) >= 11 is 0. The maximum atomic E-state index is 13.1. The van der Waals surface area contributed by atoms with Crippen molar-refractivity contribution >= 4 is 23.2 Å². The lowest BCUT2D eigenvalue weighted by Gasteiger charge is -2.29. The Morgan fingerprint density at radius 3 is 2.54 bits per heavy atom. The predicted molar refractivity (Wildman–Crippen MR) is 145 cm³/mol. The number of hydrogen-bond donors (Lipinski definition) is 0. The predicted octanol–water partition coefficient (Wildman–Crippen LogP) is 5.02. The molecular formula is C32H29N3O4. The van der Waals surface area contributed by atoms with Crippen molar-refractivity contribution in [1.82, 2.24) is 9.80 Å². The summed E-state index contributed by atoms with van der Waals surface area (Å²) in [6.45, 7) is 10.7. The smallest absolute Gasteiger partial charge is 0.255 e. The van der Waals surface area contributed by atoms with Crippen molar-refractivity contribution in [2.75, 3.05) is 6.54 Å². The second kappa shape index (κ2) is 10.5. The van der Waals surface area contributed by atoms with Gasteiger partial charge in [-0.1, -0.05) is 48.5 Å². The maximum Gasteiger partial charge on any atom is 0.255 e.